The molecule has 2 amide bonds. The van der Waals surface area contributed by atoms with Crippen molar-refractivity contribution in [3.05, 3.63) is 41.7 Å². The van der Waals surface area contributed by atoms with Crippen LogP contribution in [0.15, 0.2) is 30.5 Å². The maximum atomic E-state index is 12.6. The normalized spacial score (nSPS) is 15.3. The van der Waals surface area contributed by atoms with E-state index in [-0.39, 0.29) is 17.5 Å². The van der Waals surface area contributed by atoms with Crippen LogP contribution in [0.5, 0.6) is 0 Å². The number of benzene rings is 1. The molecule has 0 radical (unpaired) electrons. The van der Waals surface area contributed by atoms with E-state index in [1.165, 1.54) is 4.68 Å². The Morgan fingerprint density at radius 1 is 1.24 bits per heavy atom. The first-order valence-corrected chi connectivity index (χ1v) is 8.62. The van der Waals surface area contributed by atoms with E-state index in [1.54, 1.807) is 13.2 Å². The Bertz CT molecular complexity index is 762. The zero-order valence-electron chi connectivity index (χ0n) is 14.6. The van der Waals surface area contributed by atoms with Crippen LogP contribution in [0.3, 0.4) is 0 Å². The molecule has 0 bridgehead atoms. The number of nitrogens with zero attached hydrogens (tertiary/aromatic N) is 3. The lowest BCUT2D eigenvalue weighted by Gasteiger charge is -2.40. The molecular weight excluding hydrogens is 318 g/mol. The van der Waals surface area contributed by atoms with Crippen LogP contribution in [0.1, 0.15) is 48.7 Å². The molecule has 2 aromatic rings. The van der Waals surface area contributed by atoms with Crippen molar-refractivity contribution in [1.29, 1.82) is 0 Å². The number of aromatic nitrogens is 3. The van der Waals surface area contributed by atoms with E-state index < -0.39 is 5.41 Å². The van der Waals surface area contributed by atoms with E-state index in [1.807, 2.05) is 31.2 Å². The van der Waals surface area contributed by atoms with Crippen molar-refractivity contribution in [2.75, 3.05) is 11.9 Å². The summed E-state index contributed by atoms with van der Waals surface area (Å²) in [6.45, 7) is 2.75. The lowest BCUT2D eigenvalue weighted by Crippen LogP contribution is -2.49. The molecule has 132 valence electrons. The summed E-state index contributed by atoms with van der Waals surface area (Å²) in [6.07, 6.45) is 5.28. The summed E-state index contributed by atoms with van der Waals surface area (Å²) in [5.74, 6) is -0.197. The zero-order valence-corrected chi connectivity index (χ0v) is 14.6. The second kappa shape index (κ2) is 7.04. The highest BCUT2D eigenvalue weighted by Gasteiger charge is 2.45. The van der Waals surface area contributed by atoms with Gasteiger partial charge in [0.2, 0.25) is 5.91 Å². The van der Waals surface area contributed by atoms with Crippen molar-refractivity contribution < 1.29 is 9.59 Å². The highest BCUT2D eigenvalue weighted by molar-refractivity contribution is 6.02. The smallest absolute Gasteiger partial charge is 0.277 e. The third-order valence-corrected chi connectivity index (χ3v) is 4.71. The predicted octanol–water partition coefficient (Wildman–Crippen LogP) is 2.02. The maximum Gasteiger partial charge on any atom is 0.277 e. The molecule has 1 heterocycles. The Morgan fingerprint density at radius 2 is 1.96 bits per heavy atom. The van der Waals surface area contributed by atoms with E-state index >= 15 is 0 Å². The maximum absolute atomic E-state index is 12.6. The van der Waals surface area contributed by atoms with E-state index in [0.717, 1.165) is 31.2 Å². The SMILES string of the molecule is CCCNC(=O)C1(c2ccc(NC(=O)c3cn(C)nn3)cc2)CCC1. The summed E-state index contributed by atoms with van der Waals surface area (Å²) in [5.41, 5.74) is 1.52. The minimum atomic E-state index is -0.414. The Balaban J connectivity index is 1.71. The number of hydrogen-bond donors (Lipinski definition) is 2. The quantitative estimate of drug-likeness (QED) is 0.841. The van der Waals surface area contributed by atoms with Crippen molar-refractivity contribution in [2.45, 2.75) is 38.0 Å². The molecule has 2 N–H and O–H groups in total. The number of rotatable bonds is 6. The summed E-state index contributed by atoms with van der Waals surface area (Å²) < 4.78 is 1.48. The molecule has 1 saturated carbocycles. The fraction of sp³-hybridized carbons (Fsp3) is 0.444. The fourth-order valence-electron chi connectivity index (χ4n) is 3.10. The third kappa shape index (κ3) is 3.40. The molecule has 7 nitrogen and oxygen atoms in total. The van der Waals surface area contributed by atoms with Gasteiger partial charge in [0.05, 0.1) is 11.6 Å². The van der Waals surface area contributed by atoms with Crippen LogP contribution < -0.4 is 10.6 Å². The number of amides is 2. The fourth-order valence-corrected chi connectivity index (χ4v) is 3.10. The van der Waals surface area contributed by atoms with Crippen molar-refractivity contribution in [1.82, 2.24) is 20.3 Å². The molecule has 25 heavy (non-hydrogen) atoms. The minimum Gasteiger partial charge on any atom is -0.355 e. The number of carbonyl (C=O) groups is 2. The first-order valence-electron chi connectivity index (χ1n) is 8.62. The van der Waals surface area contributed by atoms with Gasteiger partial charge in [-0.1, -0.05) is 30.7 Å². The molecule has 1 fully saturated rings. The van der Waals surface area contributed by atoms with Gasteiger partial charge >= 0.3 is 0 Å². The largest absolute Gasteiger partial charge is 0.355 e. The van der Waals surface area contributed by atoms with E-state index in [4.69, 9.17) is 0 Å². The van der Waals surface area contributed by atoms with Crippen LogP contribution in [-0.2, 0) is 17.3 Å². The third-order valence-electron chi connectivity index (χ3n) is 4.71. The van der Waals surface area contributed by atoms with Crippen molar-refractivity contribution in [3.8, 4) is 0 Å². The van der Waals surface area contributed by atoms with Crippen LogP contribution >= 0.6 is 0 Å². The van der Waals surface area contributed by atoms with E-state index in [9.17, 15) is 9.59 Å². The van der Waals surface area contributed by atoms with Gasteiger partial charge < -0.3 is 10.6 Å². The monoisotopic (exact) mass is 341 g/mol. The molecule has 0 spiro atoms. The van der Waals surface area contributed by atoms with Crippen molar-refractivity contribution >= 4 is 17.5 Å². The van der Waals surface area contributed by atoms with Gasteiger partial charge in [0.25, 0.3) is 5.91 Å². The predicted molar refractivity (Wildman–Crippen MR) is 94.2 cm³/mol. The molecule has 7 heteroatoms. The van der Waals surface area contributed by atoms with Crippen LogP contribution in [0.4, 0.5) is 5.69 Å². The number of carbonyl (C=O) groups excluding carboxylic acids is 2. The molecule has 0 saturated heterocycles. The average Bonchev–Trinajstić information content (AvgIpc) is 3.00. The number of nitrogens with one attached hydrogen (secondary N) is 2. The Morgan fingerprint density at radius 3 is 2.48 bits per heavy atom. The van der Waals surface area contributed by atoms with Gasteiger partial charge in [0, 0.05) is 19.3 Å². The topological polar surface area (TPSA) is 88.9 Å². The van der Waals surface area contributed by atoms with E-state index in [2.05, 4.69) is 20.9 Å². The highest BCUT2D eigenvalue weighted by Crippen LogP contribution is 2.44. The lowest BCUT2D eigenvalue weighted by atomic mass is 9.64. The molecule has 3 rings (SSSR count). The van der Waals surface area contributed by atoms with Crippen LogP contribution in [0.25, 0.3) is 0 Å². The summed E-state index contributed by atoms with van der Waals surface area (Å²) in [4.78, 5) is 24.7. The minimum absolute atomic E-state index is 0.108. The molecular formula is C18H23N5O2. The second-order valence-electron chi connectivity index (χ2n) is 6.50. The lowest BCUT2D eigenvalue weighted by molar-refractivity contribution is -0.129. The van der Waals surface area contributed by atoms with Crippen LogP contribution in [0, 0.1) is 0 Å². The van der Waals surface area contributed by atoms with Crippen molar-refractivity contribution in [2.24, 2.45) is 7.05 Å². The number of hydrogen-bond acceptors (Lipinski definition) is 4. The zero-order chi connectivity index (χ0) is 17.9. The second-order valence-corrected chi connectivity index (χ2v) is 6.50. The number of aryl methyl sites for hydroxylation is 1. The first-order chi connectivity index (χ1) is 12.0. The molecule has 1 aliphatic rings. The Labute approximate surface area is 146 Å². The van der Waals surface area contributed by atoms with Gasteiger partial charge in [0.15, 0.2) is 5.69 Å². The summed E-state index contributed by atoms with van der Waals surface area (Å²) in [5, 5.41) is 13.4. The van der Waals surface area contributed by atoms with Gasteiger partial charge in [-0.25, -0.2) is 0 Å². The van der Waals surface area contributed by atoms with Gasteiger partial charge in [0.1, 0.15) is 0 Å². The van der Waals surface area contributed by atoms with Gasteiger partial charge in [-0.15, -0.1) is 5.10 Å². The first kappa shape index (κ1) is 17.1. The van der Waals surface area contributed by atoms with E-state index in [0.29, 0.717) is 12.2 Å². The van der Waals surface area contributed by atoms with Crippen molar-refractivity contribution in [3.63, 3.8) is 0 Å². The highest BCUT2D eigenvalue weighted by atomic mass is 16.2. The number of anilines is 1. The average molecular weight is 341 g/mol. The Kier molecular flexibility index (Phi) is 4.83. The van der Waals surface area contributed by atoms with Gasteiger partial charge in [-0.05, 0) is 37.0 Å². The van der Waals surface area contributed by atoms with Crippen LogP contribution in [0.2, 0.25) is 0 Å². The molecule has 1 aliphatic carbocycles. The molecule has 0 atom stereocenters. The summed E-state index contributed by atoms with van der Waals surface area (Å²) >= 11 is 0. The molecule has 0 aliphatic heterocycles. The Hall–Kier alpha value is -2.70. The molecule has 1 aromatic carbocycles. The summed E-state index contributed by atoms with van der Waals surface area (Å²) in [6, 6.07) is 7.52. The molecule has 1 aromatic heterocycles. The van der Waals surface area contributed by atoms with Gasteiger partial charge in [-0.3, -0.25) is 14.3 Å². The standard InChI is InChI=1S/C18H23N5O2/c1-3-11-19-17(25)18(9-4-10-18)13-5-7-14(8-6-13)20-16(24)15-12-23(2)22-21-15/h5-8,12H,3-4,9-11H2,1-2H3,(H,19,25)(H,20,24). The van der Waals surface area contributed by atoms with Gasteiger partial charge in [-0.2, -0.15) is 0 Å². The molecule has 0 unspecified atom stereocenters. The van der Waals surface area contributed by atoms with Crippen LogP contribution in [-0.4, -0.2) is 33.4 Å². The summed E-state index contributed by atoms with van der Waals surface area (Å²) in [7, 11) is 1.71.